The number of benzene rings is 1. The quantitative estimate of drug-likeness (QED) is 0.795. The molecule has 2 aliphatic heterocycles. The molecule has 2 fully saturated rings. The Kier molecular flexibility index (Phi) is 5.22. The molecule has 1 aromatic rings. The van der Waals surface area contributed by atoms with Gasteiger partial charge in [0.2, 0.25) is 0 Å². The van der Waals surface area contributed by atoms with Crippen LogP contribution in [0.4, 0.5) is 0 Å². The first kappa shape index (κ1) is 14.9. The summed E-state index contributed by atoms with van der Waals surface area (Å²) in [7, 11) is 0. The number of hydrogen-bond donors (Lipinski definition) is 0. The van der Waals surface area contributed by atoms with Crippen molar-refractivity contribution < 1.29 is 4.74 Å². The second-order valence-corrected chi connectivity index (χ2v) is 6.34. The number of likely N-dealkylation sites (tertiary alicyclic amines) is 1. The molecule has 21 heavy (non-hydrogen) atoms. The molecule has 0 amide bonds. The van der Waals surface area contributed by atoms with Crippen LogP contribution in [0.2, 0.25) is 0 Å². The highest BCUT2D eigenvalue weighted by molar-refractivity contribution is 7.80. The molecule has 3 rings (SSSR count). The molecule has 3 nitrogen and oxygen atoms in total. The molecule has 0 saturated carbocycles. The van der Waals surface area contributed by atoms with Crippen molar-refractivity contribution >= 4 is 17.2 Å². The fourth-order valence-electron chi connectivity index (χ4n) is 3.28. The highest BCUT2D eigenvalue weighted by atomic mass is 32.1. The van der Waals surface area contributed by atoms with E-state index in [0.717, 1.165) is 50.8 Å². The second kappa shape index (κ2) is 7.34. The van der Waals surface area contributed by atoms with E-state index < -0.39 is 0 Å². The summed E-state index contributed by atoms with van der Waals surface area (Å²) in [5, 5.41) is 0. The third kappa shape index (κ3) is 3.82. The van der Waals surface area contributed by atoms with Gasteiger partial charge in [-0.3, -0.25) is 4.90 Å². The van der Waals surface area contributed by atoms with Crippen LogP contribution < -0.4 is 0 Å². The fraction of sp³-hybridized carbons (Fsp3) is 0.588. The maximum absolute atomic E-state index is 5.73. The summed E-state index contributed by atoms with van der Waals surface area (Å²) in [6.07, 6.45) is 3.53. The van der Waals surface area contributed by atoms with Crippen molar-refractivity contribution in [3.63, 3.8) is 0 Å². The monoisotopic (exact) mass is 304 g/mol. The number of nitrogens with zero attached hydrogens (tertiary/aromatic N) is 2. The fourth-order valence-corrected chi connectivity index (χ4v) is 3.62. The first-order valence-corrected chi connectivity index (χ1v) is 8.40. The van der Waals surface area contributed by atoms with Crippen molar-refractivity contribution in [2.24, 2.45) is 0 Å². The van der Waals surface area contributed by atoms with Gasteiger partial charge in [0.15, 0.2) is 0 Å². The van der Waals surface area contributed by atoms with Crippen molar-refractivity contribution in [2.75, 3.05) is 39.4 Å². The summed E-state index contributed by atoms with van der Waals surface area (Å²) in [5.41, 5.74) is 1.38. The Labute approximate surface area is 132 Å². The van der Waals surface area contributed by atoms with E-state index in [0.29, 0.717) is 6.04 Å². The molecule has 2 aliphatic rings. The number of morpholine rings is 1. The van der Waals surface area contributed by atoms with Crippen LogP contribution in [0, 0.1) is 0 Å². The highest BCUT2D eigenvalue weighted by Gasteiger charge is 2.26. The lowest BCUT2D eigenvalue weighted by Crippen LogP contribution is -2.41. The van der Waals surface area contributed by atoms with Gasteiger partial charge in [0, 0.05) is 38.6 Å². The largest absolute Gasteiger partial charge is 0.379 e. The van der Waals surface area contributed by atoms with E-state index in [1.54, 1.807) is 0 Å². The van der Waals surface area contributed by atoms with Crippen molar-refractivity contribution in [3.05, 3.63) is 35.9 Å². The maximum Gasteiger partial charge on any atom is 0.0798 e. The van der Waals surface area contributed by atoms with Gasteiger partial charge in [0.25, 0.3) is 0 Å². The van der Waals surface area contributed by atoms with Crippen LogP contribution in [-0.2, 0) is 4.74 Å². The standard InChI is InChI=1S/C17H24N2OS/c21-17(19-8-4-5-9-19)14-16(15-6-2-1-3-7-15)18-10-12-20-13-11-18/h1-3,6-7,16H,4-5,8-14H2. The van der Waals surface area contributed by atoms with E-state index >= 15 is 0 Å². The first-order chi connectivity index (χ1) is 10.3. The predicted molar refractivity (Wildman–Crippen MR) is 89.6 cm³/mol. The third-order valence-electron chi connectivity index (χ3n) is 4.50. The lowest BCUT2D eigenvalue weighted by Gasteiger charge is -2.36. The lowest BCUT2D eigenvalue weighted by molar-refractivity contribution is 0.0172. The van der Waals surface area contributed by atoms with Gasteiger partial charge in [-0.25, -0.2) is 0 Å². The van der Waals surface area contributed by atoms with Gasteiger partial charge >= 0.3 is 0 Å². The van der Waals surface area contributed by atoms with Gasteiger partial charge in [0.1, 0.15) is 0 Å². The Morgan fingerprint density at radius 2 is 1.71 bits per heavy atom. The van der Waals surface area contributed by atoms with Gasteiger partial charge in [-0.2, -0.15) is 0 Å². The highest BCUT2D eigenvalue weighted by Crippen LogP contribution is 2.27. The van der Waals surface area contributed by atoms with Gasteiger partial charge in [-0.1, -0.05) is 42.5 Å². The summed E-state index contributed by atoms with van der Waals surface area (Å²) in [6, 6.07) is 11.2. The molecule has 0 bridgehead atoms. The first-order valence-electron chi connectivity index (χ1n) is 7.99. The zero-order chi connectivity index (χ0) is 14.5. The molecule has 2 saturated heterocycles. The minimum absolute atomic E-state index is 0.392. The molecular weight excluding hydrogens is 280 g/mol. The van der Waals surface area contributed by atoms with E-state index in [2.05, 4.69) is 40.1 Å². The van der Waals surface area contributed by atoms with Crippen molar-refractivity contribution in [3.8, 4) is 0 Å². The summed E-state index contributed by atoms with van der Waals surface area (Å²) >= 11 is 5.73. The minimum atomic E-state index is 0.392. The van der Waals surface area contributed by atoms with Crippen molar-refractivity contribution in [1.29, 1.82) is 0 Å². The lowest BCUT2D eigenvalue weighted by atomic mass is 10.0. The molecule has 2 heterocycles. The Bertz CT molecular complexity index is 453. The average Bonchev–Trinajstić information content (AvgIpc) is 3.09. The van der Waals surface area contributed by atoms with Crippen LogP contribution in [0.1, 0.15) is 30.9 Å². The molecule has 0 aromatic heterocycles. The average molecular weight is 304 g/mol. The smallest absolute Gasteiger partial charge is 0.0798 e. The van der Waals surface area contributed by atoms with Crippen LogP contribution in [0.15, 0.2) is 30.3 Å². The van der Waals surface area contributed by atoms with Gasteiger partial charge in [-0.15, -0.1) is 0 Å². The molecular formula is C17H24N2OS. The van der Waals surface area contributed by atoms with Gasteiger partial charge < -0.3 is 9.64 Å². The normalized spacial score (nSPS) is 21.4. The van der Waals surface area contributed by atoms with E-state index in [-0.39, 0.29) is 0 Å². The zero-order valence-electron chi connectivity index (χ0n) is 12.5. The molecule has 114 valence electrons. The molecule has 0 radical (unpaired) electrons. The number of thiocarbonyl (C=S) groups is 1. The summed E-state index contributed by atoms with van der Waals surface area (Å²) < 4.78 is 5.51. The van der Waals surface area contributed by atoms with Crippen LogP contribution in [0.5, 0.6) is 0 Å². The molecule has 0 spiro atoms. The molecule has 1 unspecified atom stereocenters. The van der Waals surface area contributed by atoms with Crippen LogP contribution in [0.3, 0.4) is 0 Å². The second-order valence-electron chi connectivity index (χ2n) is 5.87. The Morgan fingerprint density at radius 3 is 2.38 bits per heavy atom. The molecule has 0 aliphatic carbocycles. The molecule has 0 N–H and O–H groups in total. The predicted octanol–water partition coefficient (Wildman–Crippen LogP) is 2.87. The maximum atomic E-state index is 5.73. The Balaban J connectivity index is 1.73. The van der Waals surface area contributed by atoms with E-state index in [4.69, 9.17) is 17.0 Å². The van der Waals surface area contributed by atoms with Gasteiger partial charge in [0.05, 0.1) is 18.2 Å². The topological polar surface area (TPSA) is 15.7 Å². The third-order valence-corrected chi connectivity index (χ3v) is 4.92. The summed E-state index contributed by atoms with van der Waals surface area (Å²) in [5.74, 6) is 0. The molecule has 4 heteroatoms. The number of hydrogen-bond acceptors (Lipinski definition) is 3. The van der Waals surface area contributed by atoms with Crippen molar-refractivity contribution in [2.45, 2.75) is 25.3 Å². The Morgan fingerprint density at radius 1 is 1.05 bits per heavy atom. The summed E-state index contributed by atoms with van der Waals surface area (Å²) in [4.78, 5) is 6.06. The number of rotatable bonds is 4. The summed E-state index contributed by atoms with van der Waals surface area (Å²) in [6.45, 7) is 5.96. The molecule has 1 atom stereocenters. The Hall–Kier alpha value is -0.970. The van der Waals surface area contributed by atoms with Crippen LogP contribution in [0.25, 0.3) is 0 Å². The van der Waals surface area contributed by atoms with E-state index in [1.807, 2.05) is 0 Å². The van der Waals surface area contributed by atoms with Crippen LogP contribution in [-0.4, -0.2) is 54.2 Å². The van der Waals surface area contributed by atoms with Crippen molar-refractivity contribution in [1.82, 2.24) is 9.80 Å². The van der Waals surface area contributed by atoms with E-state index in [9.17, 15) is 0 Å². The SMILES string of the molecule is S=C(CC(c1ccccc1)N1CCOCC1)N1CCCC1. The zero-order valence-corrected chi connectivity index (χ0v) is 13.4. The van der Waals surface area contributed by atoms with Crippen LogP contribution >= 0.6 is 12.2 Å². The van der Waals surface area contributed by atoms with E-state index in [1.165, 1.54) is 18.4 Å². The van der Waals surface area contributed by atoms with Gasteiger partial charge in [-0.05, 0) is 18.4 Å². The number of ether oxygens (including phenoxy) is 1. The minimum Gasteiger partial charge on any atom is -0.379 e. The molecule has 1 aromatic carbocycles.